The van der Waals surface area contributed by atoms with Crippen molar-refractivity contribution in [1.29, 1.82) is 5.26 Å². The van der Waals surface area contributed by atoms with Crippen molar-refractivity contribution in [3.63, 3.8) is 0 Å². The molecule has 0 aliphatic rings. The van der Waals surface area contributed by atoms with E-state index in [0.717, 1.165) is 5.56 Å². The van der Waals surface area contributed by atoms with Gasteiger partial charge >= 0.3 is 0 Å². The first-order valence-electron chi connectivity index (χ1n) is 9.23. The summed E-state index contributed by atoms with van der Waals surface area (Å²) in [6.07, 6.45) is 1.40. The molecular weight excluding hydrogens is 463 g/mol. The highest BCUT2D eigenvalue weighted by Gasteiger charge is 2.13. The van der Waals surface area contributed by atoms with Gasteiger partial charge in [-0.05, 0) is 47.5 Å². The number of nitrogens with one attached hydrogen (secondary N) is 1. The van der Waals surface area contributed by atoms with Crippen LogP contribution in [0.15, 0.2) is 76.8 Å². The van der Waals surface area contributed by atoms with Crippen molar-refractivity contribution in [2.24, 2.45) is 0 Å². The molecule has 0 saturated heterocycles. The second-order valence-corrected chi connectivity index (χ2v) is 7.35. The van der Waals surface area contributed by atoms with E-state index < -0.39 is 11.7 Å². The van der Waals surface area contributed by atoms with Crippen LogP contribution in [0.3, 0.4) is 0 Å². The van der Waals surface area contributed by atoms with Gasteiger partial charge in [-0.3, -0.25) is 4.79 Å². The largest absolute Gasteiger partial charge is 0.493 e. The van der Waals surface area contributed by atoms with Crippen molar-refractivity contribution in [3.05, 3.63) is 93.7 Å². The zero-order valence-electron chi connectivity index (χ0n) is 16.6. The van der Waals surface area contributed by atoms with Crippen molar-refractivity contribution < 1.29 is 18.7 Å². The van der Waals surface area contributed by atoms with Crippen molar-refractivity contribution in [2.45, 2.75) is 6.61 Å². The minimum absolute atomic E-state index is 0.0170. The summed E-state index contributed by atoms with van der Waals surface area (Å²) in [5.41, 5.74) is 1.38. The summed E-state index contributed by atoms with van der Waals surface area (Å²) < 4.78 is 25.7. The number of nitriles is 1. The van der Waals surface area contributed by atoms with Crippen LogP contribution in [0.25, 0.3) is 6.08 Å². The number of carbonyl (C=O) groups is 1. The molecule has 3 aromatic rings. The molecule has 0 unspecified atom stereocenters. The van der Waals surface area contributed by atoms with E-state index in [4.69, 9.17) is 9.47 Å². The van der Waals surface area contributed by atoms with E-state index in [9.17, 15) is 14.4 Å². The number of rotatable bonds is 7. The highest BCUT2D eigenvalue weighted by Crippen LogP contribution is 2.30. The number of nitrogens with zero attached hydrogens (tertiary/aromatic N) is 1. The van der Waals surface area contributed by atoms with E-state index in [2.05, 4.69) is 21.2 Å². The maximum Gasteiger partial charge on any atom is 0.266 e. The molecule has 0 aromatic heterocycles. The summed E-state index contributed by atoms with van der Waals surface area (Å²) in [6, 6.07) is 20.8. The third-order valence-electron chi connectivity index (χ3n) is 4.28. The predicted octanol–water partition coefficient (Wildman–Crippen LogP) is 5.72. The lowest BCUT2D eigenvalue weighted by Gasteiger charge is -2.11. The van der Waals surface area contributed by atoms with E-state index in [-0.39, 0.29) is 11.3 Å². The highest BCUT2D eigenvalue weighted by molar-refractivity contribution is 9.10. The van der Waals surface area contributed by atoms with E-state index in [1.165, 1.54) is 25.3 Å². The number of hydrogen-bond donors (Lipinski definition) is 1. The highest BCUT2D eigenvalue weighted by atomic mass is 79.9. The van der Waals surface area contributed by atoms with Crippen LogP contribution in [0.2, 0.25) is 0 Å². The van der Waals surface area contributed by atoms with Crippen LogP contribution in [0, 0.1) is 17.1 Å². The van der Waals surface area contributed by atoms with Crippen LogP contribution in [0.4, 0.5) is 10.1 Å². The fourth-order valence-electron chi connectivity index (χ4n) is 2.72. The van der Waals surface area contributed by atoms with Gasteiger partial charge in [-0.25, -0.2) is 4.39 Å². The van der Waals surface area contributed by atoms with Gasteiger partial charge in [-0.2, -0.15) is 5.26 Å². The number of amides is 1. The van der Waals surface area contributed by atoms with Crippen molar-refractivity contribution in [3.8, 4) is 17.6 Å². The Kier molecular flexibility index (Phi) is 7.41. The number of ether oxygens (including phenoxy) is 2. The van der Waals surface area contributed by atoms with E-state index in [1.54, 1.807) is 24.3 Å². The molecule has 1 amide bonds. The van der Waals surface area contributed by atoms with Crippen LogP contribution in [0.1, 0.15) is 11.1 Å². The molecule has 0 aliphatic heterocycles. The molecule has 0 fully saturated rings. The van der Waals surface area contributed by atoms with Crippen molar-refractivity contribution >= 4 is 33.6 Å². The lowest BCUT2D eigenvalue weighted by molar-refractivity contribution is -0.112. The maximum absolute atomic E-state index is 14.0. The van der Waals surface area contributed by atoms with E-state index in [0.29, 0.717) is 28.1 Å². The van der Waals surface area contributed by atoms with Crippen molar-refractivity contribution in [1.82, 2.24) is 0 Å². The van der Waals surface area contributed by atoms with Crippen LogP contribution in [-0.2, 0) is 11.4 Å². The average Bonchev–Trinajstić information content (AvgIpc) is 2.78. The monoisotopic (exact) mass is 480 g/mol. The van der Waals surface area contributed by atoms with Crippen molar-refractivity contribution in [2.75, 3.05) is 12.4 Å². The molecule has 0 spiro atoms. The number of methoxy groups -OCH3 is 1. The molecule has 0 heterocycles. The molecule has 3 aromatic carbocycles. The molecule has 156 valence electrons. The van der Waals surface area contributed by atoms with Gasteiger partial charge in [0.2, 0.25) is 0 Å². The number of hydrogen-bond acceptors (Lipinski definition) is 4. The quantitative estimate of drug-likeness (QED) is 0.346. The maximum atomic E-state index is 14.0. The van der Waals surface area contributed by atoms with Gasteiger partial charge in [-0.1, -0.05) is 52.3 Å². The Labute approximate surface area is 187 Å². The number of halogens is 2. The fraction of sp³-hybridized carbons (Fsp3) is 0.0833. The molecule has 0 bridgehead atoms. The Bertz CT molecular complexity index is 1160. The van der Waals surface area contributed by atoms with Crippen LogP contribution < -0.4 is 14.8 Å². The zero-order valence-corrected chi connectivity index (χ0v) is 18.1. The van der Waals surface area contributed by atoms with Gasteiger partial charge in [0.05, 0.1) is 12.8 Å². The van der Waals surface area contributed by atoms with Gasteiger partial charge < -0.3 is 14.8 Å². The number of carbonyl (C=O) groups excluding carboxylic acids is 1. The molecule has 5 nitrogen and oxygen atoms in total. The summed E-state index contributed by atoms with van der Waals surface area (Å²) in [5, 5.41) is 11.8. The van der Waals surface area contributed by atoms with E-state index >= 15 is 0 Å². The molecule has 1 N–H and O–H groups in total. The summed E-state index contributed by atoms with van der Waals surface area (Å²) in [7, 11) is 1.51. The number of benzene rings is 3. The standard InChI is InChI=1S/C24H18BrFN2O3/c1-30-23-12-17(7-10-22(23)31-15-16-5-3-2-4-6-16)11-18(14-27)24(29)28-21-9-8-19(25)13-20(21)26/h2-13H,15H2,1H3,(H,28,29). The summed E-state index contributed by atoms with van der Waals surface area (Å²) in [5.74, 6) is -0.335. The fourth-order valence-corrected chi connectivity index (χ4v) is 3.06. The van der Waals surface area contributed by atoms with E-state index in [1.807, 2.05) is 36.4 Å². The molecule has 3 rings (SSSR count). The first-order chi connectivity index (χ1) is 15.0. The summed E-state index contributed by atoms with van der Waals surface area (Å²) in [4.78, 5) is 12.4. The Morgan fingerprint density at radius 2 is 1.90 bits per heavy atom. The minimum atomic E-state index is -0.716. The third-order valence-corrected chi connectivity index (χ3v) is 4.77. The Morgan fingerprint density at radius 3 is 2.58 bits per heavy atom. The van der Waals surface area contributed by atoms with Crippen LogP contribution >= 0.6 is 15.9 Å². The Morgan fingerprint density at radius 1 is 1.13 bits per heavy atom. The predicted molar refractivity (Wildman–Crippen MR) is 120 cm³/mol. The molecule has 0 saturated carbocycles. The smallest absolute Gasteiger partial charge is 0.266 e. The van der Waals surface area contributed by atoms with Gasteiger partial charge in [0.25, 0.3) is 5.91 Å². The Balaban J connectivity index is 1.76. The summed E-state index contributed by atoms with van der Waals surface area (Å²) >= 11 is 3.15. The second kappa shape index (κ2) is 10.4. The molecule has 0 atom stereocenters. The zero-order chi connectivity index (χ0) is 22.2. The molecule has 7 heteroatoms. The molecule has 0 aliphatic carbocycles. The van der Waals surface area contributed by atoms with Gasteiger partial charge in [-0.15, -0.1) is 0 Å². The normalized spacial score (nSPS) is 10.8. The van der Waals surface area contributed by atoms with Crippen LogP contribution in [-0.4, -0.2) is 13.0 Å². The topological polar surface area (TPSA) is 71.3 Å². The van der Waals surface area contributed by atoms with Crippen LogP contribution in [0.5, 0.6) is 11.5 Å². The SMILES string of the molecule is COc1cc(C=C(C#N)C(=O)Nc2ccc(Br)cc2F)ccc1OCc1ccccc1. The molecular formula is C24H18BrFN2O3. The third kappa shape index (κ3) is 5.93. The van der Waals surface area contributed by atoms with Gasteiger partial charge in [0, 0.05) is 4.47 Å². The molecule has 0 radical (unpaired) electrons. The average molecular weight is 481 g/mol. The second-order valence-electron chi connectivity index (χ2n) is 6.43. The van der Waals surface area contributed by atoms with Gasteiger partial charge in [0.15, 0.2) is 11.5 Å². The Hall–Kier alpha value is -3.63. The summed E-state index contributed by atoms with van der Waals surface area (Å²) in [6.45, 7) is 0.372. The first-order valence-corrected chi connectivity index (χ1v) is 10.0. The van der Waals surface area contributed by atoms with Gasteiger partial charge in [0.1, 0.15) is 24.1 Å². The molecule has 31 heavy (non-hydrogen) atoms. The minimum Gasteiger partial charge on any atom is -0.493 e. The first kappa shape index (κ1) is 22.1. The lowest BCUT2D eigenvalue weighted by atomic mass is 10.1. The lowest BCUT2D eigenvalue weighted by Crippen LogP contribution is -2.14. The number of anilines is 1.